The number of amidine groups is 1. The minimum absolute atomic E-state index is 0.0554. The molecule has 0 saturated carbocycles. The number of likely N-dealkylation sites (tertiary alicyclic amines) is 1. The molecule has 3 rings (SSSR count). The molecule has 1 saturated heterocycles. The fraction of sp³-hybridized carbons (Fsp3) is 0.438. The maximum Gasteiger partial charge on any atom is 0.322 e. The van der Waals surface area contributed by atoms with Crippen LogP contribution in [0, 0.1) is 17.5 Å². The molecule has 146 valence electrons. The summed E-state index contributed by atoms with van der Waals surface area (Å²) in [4.78, 5) is 30.6. The van der Waals surface area contributed by atoms with Crippen molar-refractivity contribution >= 4 is 23.5 Å². The third kappa shape index (κ3) is 4.48. The number of aliphatic hydroxyl groups excluding tert-OH is 1. The Morgan fingerprint density at radius 3 is 2.41 bits per heavy atom. The van der Waals surface area contributed by atoms with Crippen LogP contribution >= 0.6 is 0 Å². The van der Waals surface area contributed by atoms with Gasteiger partial charge in [-0.3, -0.25) is 10.1 Å². The van der Waals surface area contributed by atoms with Crippen LogP contribution < -0.4 is 10.6 Å². The fourth-order valence-electron chi connectivity index (χ4n) is 2.71. The molecular weight excluding hydrogens is 369 g/mol. The zero-order chi connectivity index (χ0) is 19.6. The van der Waals surface area contributed by atoms with Gasteiger partial charge in [0, 0.05) is 30.9 Å². The molecule has 1 aromatic carbocycles. The van der Waals surface area contributed by atoms with E-state index in [2.05, 4.69) is 15.8 Å². The second-order valence-electron chi connectivity index (χ2n) is 6.23. The smallest absolute Gasteiger partial charge is 0.322 e. The van der Waals surface area contributed by atoms with Crippen LogP contribution in [0.1, 0.15) is 19.3 Å². The molecule has 0 aromatic heterocycles. The van der Waals surface area contributed by atoms with Gasteiger partial charge in [0.1, 0.15) is 0 Å². The van der Waals surface area contributed by atoms with E-state index in [0.717, 1.165) is 0 Å². The van der Waals surface area contributed by atoms with Gasteiger partial charge in [-0.1, -0.05) is 5.16 Å². The van der Waals surface area contributed by atoms with Crippen molar-refractivity contribution in [2.45, 2.75) is 31.5 Å². The monoisotopic (exact) mass is 386 g/mol. The number of halogens is 3. The molecule has 0 aliphatic carbocycles. The predicted octanol–water partition coefficient (Wildman–Crippen LogP) is 1.31. The van der Waals surface area contributed by atoms with Crippen LogP contribution in [0.15, 0.2) is 17.3 Å². The molecule has 0 radical (unpaired) electrons. The van der Waals surface area contributed by atoms with Crippen molar-refractivity contribution in [2.24, 2.45) is 5.16 Å². The van der Waals surface area contributed by atoms with Crippen molar-refractivity contribution in [1.29, 1.82) is 0 Å². The summed E-state index contributed by atoms with van der Waals surface area (Å²) < 4.78 is 39.3. The number of benzene rings is 1. The highest BCUT2D eigenvalue weighted by Crippen LogP contribution is 2.19. The molecule has 8 nitrogen and oxygen atoms in total. The number of amides is 3. The summed E-state index contributed by atoms with van der Waals surface area (Å²) >= 11 is 0. The van der Waals surface area contributed by atoms with Gasteiger partial charge >= 0.3 is 6.03 Å². The fourth-order valence-corrected chi connectivity index (χ4v) is 2.71. The molecular formula is C16H17F3N4O4. The van der Waals surface area contributed by atoms with E-state index in [1.165, 1.54) is 4.90 Å². The highest BCUT2D eigenvalue weighted by Gasteiger charge is 2.31. The van der Waals surface area contributed by atoms with Crippen LogP contribution in [-0.2, 0) is 9.63 Å². The average molecular weight is 386 g/mol. The number of piperidine rings is 1. The van der Waals surface area contributed by atoms with E-state index < -0.39 is 41.6 Å². The number of nitrogens with zero attached hydrogens (tertiary/aromatic N) is 2. The Balaban J connectivity index is 1.51. The maximum absolute atomic E-state index is 13.2. The first-order chi connectivity index (χ1) is 12.8. The second kappa shape index (κ2) is 7.82. The first-order valence-electron chi connectivity index (χ1n) is 8.25. The highest BCUT2D eigenvalue weighted by molar-refractivity contribution is 6.03. The lowest BCUT2D eigenvalue weighted by Gasteiger charge is -2.29. The molecule has 2 heterocycles. The molecule has 1 unspecified atom stereocenters. The molecule has 1 fully saturated rings. The normalized spacial score (nSPS) is 20.1. The van der Waals surface area contributed by atoms with Crippen molar-refractivity contribution in [3.8, 4) is 0 Å². The number of hydrogen-bond acceptors (Lipinski definition) is 5. The van der Waals surface area contributed by atoms with Gasteiger partial charge < -0.3 is 20.2 Å². The summed E-state index contributed by atoms with van der Waals surface area (Å²) in [7, 11) is 0. The molecule has 1 atom stereocenters. The van der Waals surface area contributed by atoms with Crippen LogP contribution in [0.3, 0.4) is 0 Å². The maximum atomic E-state index is 13.2. The lowest BCUT2D eigenvalue weighted by molar-refractivity contribution is -0.125. The van der Waals surface area contributed by atoms with Gasteiger partial charge in [0.15, 0.2) is 23.3 Å². The van der Waals surface area contributed by atoms with E-state index in [0.29, 0.717) is 38.1 Å². The topological polar surface area (TPSA) is 103 Å². The Hall–Kier alpha value is -2.82. The summed E-state index contributed by atoms with van der Waals surface area (Å²) in [5.41, 5.74) is -0.274. The van der Waals surface area contributed by atoms with Crippen LogP contribution in [-0.4, -0.2) is 53.1 Å². The zero-order valence-electron chi connectivity index (χ0n) is 14.0. The molecule has 11 heteroatoms. The average Bonchev–Trinajstić information content (AvgIpc) is 3.08. The number of carbonyl (C=O) groups excluding carboxylic acids is 2. The molecule has 0 bridgehead atoms. The number of hydrogen-bond donors (Lipinski definition) is 3. The minimum Gasteiger partial charge on any atom is -0.393 e. The quantitative estimate of drug-likeness (QED) is 0.667. The molecule has 1 aromatic rings. The first kappa shape index (κ1) is 19.0. The van der Waals surface area contributed by atoms with E-state index in [4.69, 9.17) is 4.84 Å². The van der Waals surface area contributed by atoms with Gasteiger partial charge in [-0.2, -0.15) is 0 Å². The van der Waals surface area contributed by atoms with Gasteiger partial charge in [0.25, 0.3) is 5.91 Å². The van der Waals surface area contributed by atoms with Crippen molar-refractivity contribution < 1.29 is 32.7 Å². The van der Waals surface area contributed by atoms with Gasteiger partial charge in [-0.05, 0) is 12.8 Å². The van der Waals surface area contributed by atoms with Crippen LogP contribution in [0.2, 0.25) is 0 Å². The summed E-state index contributed by atoms with van der Waals surface area (Å²) in [6.45, 7) is 0.791. The molecule has 3 amide bonds. The number of aliphatic hydroxyl groups is 1. The lowest BCUT2D eigenvalue weighted by Crippen LogP contribution is -2.47. The number of carbonyl (C=O) groups is 2. The van der Waals surface area contributed by atoms with Crippen molar-refractivity contribution in [3.63, 3.8) is 0 Å². The van der Waals surface area contributed by atoms with Gasteiger partial charge in [-0.15, -0.1) is 0 Å². The zero-order valence-corrected chi connectivity index (χ0v) is 14.0. The van der Waals surface area contributed by atoms with Gasteiger partial charge in [-0.25, -0.2) is 18.0 Å². The van der Waals surface area contributed by atoms with E-state index in [-0.39, 0.29) is 17.9 Å². The molecule has 3 N–H and O–H groups in total. The molecule has 2 aliphatic heterocycles. The van der Waals surface area contributed by atoms with Crippen LogP contribution in [0.5, 0.6) is 0 Å². The molecule has 0 spiro atoms. The van der Waals surface area contributed by atoms with Crippen LogP contribution in [0.4, 0.5) is 23.7 Å². The molecule has 27 heavy (non-hydrogen) atoms. The lowest BCUT2D eigenvalue weighted by atomic mass is 10.1. The highest BCUT2D eigenvalue weighted by atomic mass is 19.2. The van der Waals surface area contributed by atoms with E-state index in [1.54, 1.807) is 0 Å². The summed E-state index contributed by atoms with van der Waals surface area (Å²) in [5, 5.41) is 17.8. The first-order valence-corrected chi connectivity index (χ1v) is 8.25. The minimum atomic E-state index is -1.64. The van der Waals surface area contributed by atoms with Crippen molar-refractivity contribution in [2.75, 3.05) is 18.4 Å². The van der Waals surface area contributed by atoms with Crippen LogP contribution in [0.25, 0.3) is 0 Å². The summed E-state index contributed by atoms with van der Waals surface area (Å²) in [6.07, 6.45) is -0.631. The van der Waals surface area contributed by atoms with E-state index in [1.807, 2.05) is 0 Å². The standard InChI is InChI=1S/C16H17F3N4O4/c17-10-5-8(6-11(18)14(10)19)20-15(25)12-7-13(22-27-12)21-16(26)23-3-1-9(24)2-4-23/h5-6,9,12,24H,1-4,7H2,(H,20,25)(H,21,22,26). The number of oxime groups is 1. The SMILES string of the molecule is O=C(Nc1cc(F)c(F)c(F)c1)C1CC(NC(=O)N2CCC(O)CC2)=NO1. The largest absolute Gasteiger partial charge is 0.393 e. The number of urea groups is 1. The Bertz CT molecular complexity index is 758. The van der Waals surface area contributed by atoms with E-state index >= 15 is 0 Å². The molecule has 2 aliphatic rings. The Morgan fingerprint density at radius 1 is 1.15 bits per heavy atom. The number of anilines is 1. The van der Waals surface area contributed by atoms with E-state index in [9.17, 15) is 27.9 Å². The Morgan fingerprint density at radius 2 is 1.78 bits per heavy atom. The Kier molecular flexibility index (Phi) is 5.49. The summed E-state index contributed by atoms with van der Waals surface area (Å²) in [6, 6.07) is 0.854. The number of rotatable bonds is 2. The second-order valence-corrected chi connectivity index (χ2v) is 6.23. The van der Waals surface area contributed by atoms with Crippen molar-refractivity contribution in [3.05, 3.63) is 29.6 Å². The van der Waals surface area contributed by atoms with Gasteiger partial charge in [0.05, 0.1) is 12.5 Å². The van der Waals surface area contributed by atoms with Crippen molar-refractivity contribution in [1.82, 2.24) is 10.2 Å². The number of nitrogens with one attached hydrogen (secondary N) is 2. The predicted molar refractivity (Wildman–Crippen MR) is 87.2 cm³/mol. The summed E-state index contributed by atoms with van der Waals surface area (Å²) in [5.74, 6) is -5.14. The Labute approximate surface area is 152 Å². The van der Waals surface area contributed by atoms with Gasteiger partial charge in [0.2, 0.25) is 6.10 Å². The third-order valence-corrected chi connectivity index (χ3v) is 4.22. The third-order valence-electron chi connectivity index (χ3n) is 4.22.